The van der Waals surface area contributed by atoms with Gasteiger partial charge in [-0.2, -0.15) is 0 Å². The number of likely N-dealkylation sites (tertiary alicyclic amines) is 1. The molecule has 108 valence electrons. The van der Waals surface area contributed by atoms with Gasteiger partial charge in [0, 0.05) is 6.54 Å². The fraction of sp³-hybridized carbons (Fsp3) is 0.933. The van der Waals surface area contributed by atoms with E-state index in [1.165, 1.54) is 51.6 Å². The van der Waals surface area contributed by atoms with Gasteiger partial charge in [0.2, 0.25) is 0 Å². The molecule has 0 aromatic carbocycles. The molecular weight excluding hydrogens is 242 g/mol. The summed E-state index contributed by atoms with van der Waals surface area (Å²) < 4.78 is 5.60. The van der Waals surface area contributed by atoms with Crippen molar-refractivity contribution in [2.75, 3.05) is 19.6 Å². The van der Waals surface area contributed by atoms with E-state index in [-0.39, 0.29) is 6.10 Å². The highest BCUT2D eigenvalue weighted by Gasteiger charge is 2.38. The molecule has 3 aliphatic rings. The third-order valence-electron chi connectivity index (χ3n) is 5.43. The van der Waals surface area contributed by atoms with Crippen LogP contribution in [-0.2, 0) is 9.53 Å². The average molecular weight is 267 g/mol. The number of carbonyl (C=O) groups is 1. The molecule has 1 spiro atoms. The normalized spacial score (nSPS) is 34.9. The van der Waals surface area contributed by atoms with Crippen molar-refractivity contribution in [1.82, 2.24) is 4.90 Å². The highest BCUT2D eigenvalue weighted by Crippen LogP contribution is 2.46. The van der Waals surface area contributed by atoms with E-state index >= 15 is 0 Å². The summed E-state index contributed by atoms with van der Waals surface area (Å²) in [5.74, 6) is -0.800. The first-order valence-electron chi connectivity index (χ1n) is 7.78. The second kappa shape index (κ2) is 5.41. The first-order valence-corrected chi connectivity index (χ1v) is 7.78. The van der Waals surface area contributed by atoms with Crippen LogP contribution in [0.1, 0.15) is 51.4 Å². The maximum atomic E-state index is 10.9. The van der Waals surface area contributed by atoms with Crippen LogP contribution in [0.4, 0.5) is 0 Å². The molecule has 19 heavy (non-hydrogen) atoms. The van der Waals surface area contributed by atoms with E-state index < -0.39 is 12.1 Å². The van der Waals surface area contributed by atoms with Crippen LogP contribution in [0.2, 0.25) is 0 Å². The lowest BCUT2D eigenvalue weighted by molar-refractivity contribution is -0.149. The van der Waals surface area contributed by atoms with Crippen molar-refractivity contribution in [2.45, 2.75) is 63.6 Å². The van der Waals surface area contributed by atoms with Gasteiger partial charge in [-0.3, -0.25) is 0 Å². The van der Waals surface area contributed by atoms with Gasteiger partial charge in [0.1, 0.15) is 0 Å². The molecule has 0 aromatic heterocycles. The Kier molecular flexibility index (Phi) is 3.81. The minimum atomic E-state index is -0.800. The van der Waals surface area contributed by atoms with Crippen LogP contribution in [-0.4, -0.2) is 47.8 Å². The first kappa shape index (κ1) is 13.4. The number of aliphatic carboxylic acids is 1. The Morgan fingerprint density at radius 1 is 1.16 bits per heavy atom. The lowest BCUT2D eigenvalue weighted by Gasteiger charge is -2.40. The number of ether oxygens (including phenoxy) is 1. The lowest BCUT2D eigenvalue weighted by Crippen LogP contribution is -2.42. The van der Waals surface area contributed by atoms with E-state index in [1.807, 2.05) is 0 Å². The minimum absolute atomic E-state index is 0.138. The van der Waals surface area contributed by atoms with Gasteiger partial charge in [0.05, 0.1) is 6.10 Å². The highest BCUT2D eigenvalue weighted by atomic mass is 16.5. The van der Waals surface area contributed by atoms with E-state index in [0.717, 1.165) is 13.0 Å². The Labute approximate surface area is 115 Å². The first-order chi connectivity index (χ1) is 9.17. The molecule has 0 bridgehead atoms. The Bertz CT molecular complexity index is 328. The van der Waals surface area contributed by atoms with Crippen LogP contribution in [0.5, 0.6) is 0 Å². The second-order valence-corrected chi connectivity index (χ2v) is 6.67. The molecule has 1 N–H and O–H groups in total. The molecular formula is C15H25NO3. The van der Waals surface area contributed by atoms with Gasteiger partial charge in [-0.25, -0.2) is 4.79 Å². The number of nitrogens with zero attached hydrogens (tertiary/aromatic N) is 1. The summed E-state index contributed by atoms with van der Waals surface area (Å²) in [5.41, 5.74) is 0.663. The van der Waals surface area contributed by atoms with Crippen molar-refractivity contribution < 1.29 is 14.6 Å². The van der Waals surface area contributed by atoms with Crippen molar-refractivity contribution in [3.63, 3.8) is 0 Å². The maximum absolute atomic E-state index is 10.9. The van der Waals surface area contributed by atoms with E-state index in [4.69, 9.17) is 9.84 Å². The zero-order valence-electron chi connectivity index (χ0n) is 11.6. The minimum Gasteiger partial charge on any atom is -0.479 e. The Hall–Kier alpha value is -0.610. The van der Waals surface area contributed by atoms with Gasteiger partial charge >= 0.3 is 5.97 Å². The molecule has 2 heterocycles. The number of hydrogen-bond acceptors (Lipinski definition) is 3. The number of piperidine rings is 1. The fourth-order valence-electron chi connectivity index (χ4n) is 4.14. The predicted octanol–water partition coefficient (Wildman–Crippen LogP) is 2.27. The molecule has 3 rings (SSSR count). The third-order valence-corrected chi connectivity index (χ3v) is 5.43. The largest absolute Gasteiger partial charge is 0.479 e. The predicted molar refractivity (Wildman–Crippen MR) is 72.1 cm³/mol. The highest BCUT2D eigenvalue weighted by molar-refractivity contribution is 5.72. The average Bonchev–Trinajstić information content (AvgIpc) is 3.02. The summed E-state index contributed by atoms with van der Waals surface area (Å²) in [6.07, 6.45) is 9.54. The topological polar surface area (TPSA) is 49.8 Å². The lowest BCUT2D eigenvalue weighted by atomic mass is 9.77. The van der Waals surface area contributed by atoms with E-state index in [2.05, 4.69) is 4.90 Å². The van der Waals surface area contributed by atoms with Crippen molar-refractivity contribution in [1.29, 1.82) is 0 Å². The van der Waals surface area contributed by atoms with E-state index in [0.29, 0.717) is 11.8 Å². The summed E-state index contributed by atoms with van der Waals surface area (Å²) in [7, 11) is 0. The summed E-state index contributed by atoms with van der Waals surface area (Å²) in [4.78, 5) is 13.4. The monoisotopic (exact) mass is 267 g/mol. The standard InChI is InChI=1S/C15H25NO3/c17-14(18)13-4-3-12(19-13)11-16-9-7-15(8-10-16)5-1-2-6-15/h12-13H,1-11H2,(H,17,18). The van der Waals surface area contributed by atoms with Gasteiger partial charge in [-0.15, -0.1) is 0 Å². The Morgan fingerprint density at radius 3 is 2.42 bits per heavy atom. The number of hydrogen-bond donors (Lipinski definition) is 1. The molecule has 4 heteroatoms. The molecule has 2 saturated heterocycles. The zero-order chi connectivity index (χ0) is 13.3. The zero-order valence-corrected chi connectivity index (χ0v) is 11.6. The number of carboxylic acids is 1. The summed E-state index contributed by atoms with van der Waals surface area (Å²) in [6.45, 7) is 3.29. The Balaban J connectivity index is 1.44. The van der Waals surface area contributed by atoms with Crippen LogP contribution >= 0.6 is 0 Å². The molecule has 2 atom stereocenters. The molecule has 0 aromatic rings. The van der Waals surface area contributed by atoms with Crippen LogP contribution in [0, 0.1) is 5.41 Å². The van der Waals surface area contributed by atoms with Crippen molar-refractivity contribution in [2.24, 2.45) is 5.41 Å². The fourth-order valence-corrected chi connectivity index (χ4v) is 4.14. The summed E-state index contributed by atoms with van der Waals surface area (Å²) >= 11 is 0. The van der Waals surface area contributed by atoms with E-state index in [1.54, 1.807) is 0 Å². The summed E-state index contributed by atoms with van der Waals surface area (Å²) in [6, 6.07) is 0. The van der Waals surface area contributed by atoms with Crippen molar-refractivity contribution in [3.8, 4) is 0 Å². The molecule has 2 unspecified atom stereocenters. The van der Waals surface area contributed by atoms with E-state index in [9.17, 15) is 4.79 Å². The SMILES string of the molecule is O=C(O)C1CCC(CN2CCC3(CCCC3)CC2)O1. The molecule has 4 nitrogen and oxygen atoms in total. The van der Waals surface area contributed by atoms with Crippen LogP contribution in [0.15, 0.2) is 0 Å². The molecule has 0 radical (unpaired) electrons. The van der Waals surface area contributed by atoms with Crippen molar-refractivity contribution in [3.05, 3.63) is 0 Å². The Morgan fingerprint density at radius 2 is 1.84 bits per heavy atom. The smallest absolute Gasteiger partial charge is 0.332 e. The number of rotatable bonds is 3. The number of carboxylic acid groups (broad SMARTS) is 1. The quantitative estimate of drug-likeness (QED) is 0.852. The summed E-state index contributed by atoms with van der Waals surface area (Å²) in [5, 5.41) is 8.94. The third kappa shape index (κ3) is 2.95. The van der Waals surface area contributed by atoms with Gasteiger partial charge in [-0.05, 0) is 57.0 Å². The molecule has 2 aliphatic heterocycles. The molecule has 3 fully saturated rings. The maximum Gasteiger partial charge on any atom is 0.332 e. The molecule has 0 amide bonds. The van der Waals surface area contributed by atoms with Crippen LogP contribution in [0.3, 0.4) is 0 Å². The van der Waals surface area contributed by atoms with Crippen LogP contribution < -0.4 is 0 Å². The van der Waals surface area contributed by atoms with Crippen molar-refractivity contribution >= 4 is 5.97 Å². The van der Waals surface area contributed by atoms with Gasteiger partial charge in [-0.1, -0.05) is 12.8 Å². The van der Waals surface area contributed by atoms with Crippen LogP contribution in [0.25, 0.3) is 0 Å². The molecule has 1 saturated carbocycles. The second-order valence-electron chi connectivity index (χ2n) is 6.67. The van der Waals surface area contributed by atoms with Gasteiger partial charge < -0.3 is 14.7 Å². The molecule has 1 aliphatic carbocycles. The van der Waals surface area contributed by atoms with Gasteiger partial charge in [0.15, 0.2) is 6.10 Å². The van der Waals surface area contributed by atoms with Gasteiger partial charge in [0.25, 0.3) is 0 Å².